The molecular formula is C16H18BrNOS. The summed E-state index contributed by atoms with van der Waals surface area (Å²) in [6, 6.07) is 16.5. The molecule has 2 atom stereocenters. The highest BCUT2D eigenvalue weighted by atomic mass is 79.9. The summed E-state index contributed by atoms with van der Waals surface area (Å²) in [6.45, 7) is 2.04. The van der Waals surface area contributed by atoms with E-state index in [1.807, 2.05) is 19.1 Å². The molecule has 0 aliphatic heterocycles. The van der Waals surface area contributed by atoms with E-state index < -0.39 is 0 Å². The topological polar surface area (TPSA) is 35.2 Å². The molecule has 0 aliphatic carbocycles. The minimum atomic E-state index is 0.0725. The second-order valence-corrected chi connectivity index (χ2v) is 6.76. The Labute approximate surface area is 132 Å². The first-order valence-electron chi connectivity index (χ1n) is 6.42. The van der Waals surface area contributed by atoms with Gasteiger partial charge in [0.15, 0.2) is 0 Å². The first-order chi connectivity index (χ1) is 9.60. The first kappa shape index (κ1) is 15.4. The zero-order chi connectivity index (χ0) is 14.5. The minimum absolute atomic E-state index is 0.0725. The van der Waals surface area contributed by atoms with Gasteiger partial charge in [0.05, 0.1) is 7.11 Å². The molecule has 0 aromatic heterocycles. The molecule has 0 saturated heterocycles. The van der Waals surface area contributed by atoms with Gasteiger partial charge in [-0.15, -0.1) is 11.8 Å². The normalized spacial score (nSPS) is 13.8. The van der Waals surface area contributed by atoms with Crippen LogP contribution in [0, 0.1) is 0 Å². The van der Waals surface area contributed by atoms with Crippen molar-refractivity contribution in [2.24, 2.45) is 5.73 Å². The van der Waals surface area contributed by atoms with Crippen LogP contribution < -0.4 is 10.5 Å². The molecule has 2 N–H and O–H groups in total. The predicted octanol–water partition coefficient (Wildman–Crippen LogP) is 4.64. The number of hydrogen-bond acceptors (Lipinski definition) is 3. The summed E-state index contributed by atoms with van der Waals surface area (Å²) in [6.07, 6.45) is 0. The van der Waals surface area contributed by atoms with Crippen molar-refractivity contribution in [1.29, 1.82) is 0 Å². The summed E-state index contributed by atoms with van der Waals surface area (Å²) < 4.78 is 6.26. The van der Waals surface area contributed by atoms with Crippen molar-refractivity contribution >= 4 is 27.7 Å². The zero-order valence-electron chi connectivity index (χ0n) is 11.5. The molecular weight excluding hydrogens is 334 g/mol. The first-order valence-corrected chi connectivity index (χ1v) is 8.09. The number of thioether (sulfide) groups is 1. The lowest BCUT2D eigenvalue weighted by Crippen LogP contribution is -2.22. The average Bonchev–Trinajstić information content (AvgIpc) is 2.46. The van der Waals surface area contributed by atoms with E-state index in [9.17, 15) is 0 Å². The number of halogens is 1. The van der Waals surface area contributed by atoms with E-state index in [4.69, 9.17) is 10.5 Å². The Morgan fingerprint density at radius 1 is 1.05 bits per heavy atom. The van der Waals surface area contributed by atoms with Crippen LogP contribution in [-0.4, -0.2) is 13.2 Å². The molecule has 0 saturated carbocycles. The number of rotatable bonds is 5. The fourth-order valence-corrected chi connectivity index (χ4v) is 3.29. The largest absolute Gasteiger partial charge is 0.497 e. The van der Waals surface area contributed by atoms with E-state index in [0.717, 1.165) is 10.2 Å². The van der Waals surface area contributed by atoms with Crippen LogP contribution >= 0.6 is 27.7 Å². The Morgan fingerprint density at radius 2 is 1.65 bits per heavy atom. The molecule has 2 nitrogen and oxygen atoms in total. The molecule has 0 spiro atoms. The van der Waals surface area contributed by atoms with Gasteiger partial charge in [0.25, 0.3) is 0 Å². The van der Waals surface area contributed by atoms with Crippen LogP contribution in [-0.2, 0) is 0 Å². The Kier molecular flexibility index (Phi) is 5.52. The van der Waals surface area contributed by atoms with Gasteiger partial charge >= 0.3 is 0 Å². The molecule has 106 valence electrons. The Balaban J connectivity index is 2.18. The predicted molar refractivity (Wildman–Crippen MR) is 89.4 cm³/mol. The second-order valence-electron chi connectivity index (χ2n) is 4.62. The van der Waals surface area contributed by atoms with Crippen molar-refractivity contribution in [3.63, 3.8) is 0 Å². The molecule has 20 heavy (non-hydrogen) atoms. The SMILES string of the molecule is COc1ccc(SC(c2ccc(Br)cc2)C(C)N)cc1. The van der Waals surface area contributed by atoms with Crippen molar-refractivity contribution in [1.82, 2.24) is 0 Å². The molecule has 2 aromatic rings. The van der Waals surface area contributed by atoms with Crippen LogP contribution in [0.4, 0.5) is 0 Å². The van der Waals surface area contributed by atoms with Gasteiger partial charge in [-0.1, -0.05) is 28.1 Å². The van der Waals surface area contributed by atoms with Gasteiger partial charge in [-0.05, 0) is 48.9 Å². The van der Waals surface area contributed by atoms with Gasteiger partial charge in [-0.3, -0.25) is 0 Å². The number of nitrogens with two attached hydrogens (primary N) is 1. The van der Waals surface area contributed by atoms with Gasteiger partial charge in [0, 0.05) is 20.7 Å². The maximum absolute atomic E-state index is 6.15. The smallest absolute Gasteiger partial charge is 0.118 e. The van der Waals surface area contributed by atoms with Crippen molar-refractivity contribution in [2.45, 2.75) is 23.1 Å². The number of benzene rings is 2. The molecule has 0 bridgehead atoms. The molecule has 2 aromatic carbocycles. The van der Waals surface area contributed by atoms with E-state index in [1.54, 1.807) is 18.9 Å². The quantitative estimate of drug-likeness (QED) is 0.797. The van der Waals surface area contributed by atoms with Crippen LogP contribution in [0.5, 0.6) is 5.75 Å². The third-order valence-electron chi connectivity index (χ3n) is 3.00. The maximum Gasteiger partial charge on any atom is 0.118 e. The van der Waals surface area contributed by atoms with Crippen molar-refractivity contribution in [3.05, 3.63) is 58.6 Å². The van der Waals surface area contributed by atoms with Crippen molar-refractivity contribution in [3.8, 4) is 5.75 Å². The van der Waals surface area contributed by atoms with Gasteiger partial charge in [-0.25, -0.2) is 0 Å². The summed E-state index contributed by atoms with van der Waals surface area (Å²) in [5.41, 5.74) is 7.39. The highest BCUT2D eigenvalue weighted by molar-refractivity contribution is 9.10. The van der Waals surface area contributed by atoms with Gasteiger partial charge < -0.3 is 10.5 Å². The van der Waals surface area contributed by atoms with Crippen LogP contribution in [0.1, 0.15) is 17.7 Å². The van der Waals surface area contributed by atoms with E-state index in [2.05, 4.69) is 52.3 Å². The molecule has 2 unspecified atom stereocenters. The van der Waals surface area contributed by atoms with Gasteiger partial charge in [0.2, 0.25) is 0 Å². The minimum Gasteiger partial charge on any atom is -0.497 e. The fraction of sp³-hybridized carbons (Fsp3) is 0.250. The molecule has 2 rings (SSSR count). The van der Waals surface area contributed by atoms with Gasteiger partial charge in [0.1, 0.15) is 5.75 Å². The molecule has 0 amide bonds. The summed E-state index contributed by atoms with van der Waals surface area (Å²) in [7, 11) is 1.68. The van der Waals surface area contributed by atoms with Crippen LogP contribution in [0.2, 0.25) is 0 Å². The average molecular weight is 352 g/mol. The maximum atomic E-state index is 6.15. The lowest BCUT2D eigenvalue weighted by Gasteiger charge is -2.21. The Morgan fingerprint density at radius 3 is 2.15 bits per heavy atom. The lowest BCUT2D eigenvalue weighted by atomic mass is 10.1. The molecule has 4 heteroatoms. The highest BCUT2D eigenvalue weighted by Crippen LogP contribution is 2.38. The molecule has 0 radical (unpaired) electrons. The van der Waals surface area contributed by atoms with Gasteiger partial charge in [-0.2, -0.15) is 0 Å². The van der Waals surface area contributed by atoms with Crippen LogP contribution in [0.25, 0.3) is 0 Å². The van der Waals surface area contributed by atoms with E-state index in [0.29, 0.717) is 0 Å². The summed E-state index contributed by atoms with van der Waals surface area (Å²) in [5, 5.41) is 0.233. The van der Waals surface area contributed by atoms with Crippen molar-refractivity contribution < 1.29 is 4.74 Å². The standard InChI is InChI=1S/C16H18BrNOS/c1-11(18)16(12-3-5-13(17)6-4-12)20-15-9-7-14(19-2)8-10-15/h3-11,16H,18H2,1-2H3. The third-order valence-corrected chi connectivity index (χ3v) is 5.03. The lowest BCUT2D eigenvalue weighted by molar-refractivity contribution is 0.414. The zero-order valence-corrected chi connectivity index (χ0v) is 13.9. The monoisotopic (exact) mass is 351 g/mol. The number of hydrogen-bond donors (Lipinski definition) is 1. The van der Waals surface area contributed by atoms with Crippen LogP contribution in [0.15, 0.2) is 57.9 Å². The van der Waals surface area contributed by atoms with E-state index >= 15 is 0 Å². The summed E-state index contributed by atoms with van der Waals surface area (Å²) in [5.74, 6) is 0.871. The number of ether oxygens (including phenoxy) is 1. The van der Waals surface area contributed by atoms with Crippen molar-refractivity contribution in [2.75, 3.05) is 7.11 Å². The highest BCUT2D eigenvalue weighted by Gasteiger charge is 2.17. The summed E-state index contributed by atoms with van der Waals surface area (Å²) >= 11 is 5.24. The van der Waals surface area contributed by atoms with E-state index in [-0.39, 0.29) is 11.3 Å². The number of methoxy groups -OCH3 is 1. The second kappa shape index (κ2) is 7.16. The summed E-state index contributed by atoms with van der Waals surface area (Å²) in [4.78, 5) is 1.19. The fourth-order valence-electron chi connectivity index (χ4n) is 1.93. The third kappa shape index (κ3) is 4.01. The molecule has 0 aliphatic rings. The molecule has 0 fully saturated rings. The van der Waals surface area contributed by atoms with E-state index in [1.165, 1.54) is 10.5 Å². The molecule has 0 heterocycles. The Bertz CT molecular complexity index is 539. The Hall–Kier alpha value is -0.970. The van der Waals surface area contributed by atoms with Crippen LogP contribution in [0.3, 0.4) is 0 Å².